The molecule has 0 spiro atoms. The molecule has 2 aliphatic rings. The van der Waals surface area contributed by atoms with E-state index in [4.69, 9.17) is 21.4 Å². The molecule has 0 bridgehead atoms. The third kappa shape index (κ3) is 5.24. The third-order valence-electron chi connectivity index (χ3n) is 7.23. The van der Waals surface area contributed by atoms with E-state index in [1.165, 1.54) is 12.1 Å². The van der Waals surface area contributed by atoms with Gasteiger partial charge in [0.2, 0.25) is 0 Å². The summed E-state index contributed by atoms with van der Waals surface area (Å²) in [6.45, 7) is 3.05. The highest BCUT2D eigenvalue weighted by Crippen LogP contribution is 2.43. The number of benzene rings is 2. The predicted molar refractivity (Wildman–Crippen MR) is 155 cm³/mol. The molecule has 4 aromatic rings. The standard InChI is InChI=1S/C30H26N4O6S/c35-28(36)19-15-18(16-20(17-19)29(37)38)24-8-9-25(40-24)27-26(23-3-1-2-10-31-23)32-30(41)34(27)22-6-4-21(5-7-22)33-11-13-39-14-12-33/h1-10,15-17,26-27H,11-14H2,(H,32,41)(H,35,36)(H,37,38)/t26-,27-/m0/s1. The van der Waals surface area contributed by atoms with Gasteiger partial charge in [-0.15, -0.1) is 0 Å². The zero-order chi connectivity index (χ0) is 28.5. The molecule has 2 aliphatic heterocycles. The zero-order valence-corrected chi connectivity index (χ0v) is 22.6. The van der Waals surface area contributed by atoms with Gasteiger partial charge in [0, 0.05) is 36.2 Å². The summed E-state index contributed by atoms with van der Waals surface area (Å²) in [6, 6.07) is 20.5. The molecule has 6 rings (SSSR count). The summed E-state index contributed by atoms with van der Waals surface area (Å²) in [6.07, 6.45) is 1.72. The molecular formula is C30H26N4O6S. The van der Waals surface area contributed by atoms with E-state index >= 15 is 0 Å². The second-order valence-corrected chi connectivity index (χ2v) is 10.1. The van der Waals surface area contributed by atoms with E-state index in [2.05, 4.69) is 27.3 Å². The van der Waals surface area contributed by atoms with Crippen molar-refractivity contribution >= 4 is 40.6 Å². The third-order valence-corrected chi connectivity index (χ3v) is 7.55. The Morgan fingerprint density at radius 1 is 0.902 bits per heavy atom. The van der Waals surface area contributed by atoms with Crippen LogP contribution in [0.5, 0.6) is 0 Å². The van der Waals surface area contributed by atoms with Crippen LogP contribution in [0.4, 0.5) is 11.4 Å². The van der Waals surface area contributed by atoms with Crippen LogP contribution in [-0.2, 0) is 4.74 Å². The summed E-state index contributed by atoms with van der Waals surface area (Å²) < 4.78 is 11.8. The number of rotatable bonds is 7. The maximum atomic E-state index is 11.7. The Balaban J connectivity index is 1.39. The summed E-state index contributed by atoms with van der Waals surface area (Å²) in [5.41, 5.74) is 2.79. The lowest BCUT2D eigenvalue weighted by atomic mass is 10.0. The highest BCUT2D eigenvalue weighted by Gasteiger charge is 2.42. The molecule has 2 atom stereocenters. The molecule has 0 amide bonds. The van der Waals surface area contributed by atoms with E-state index in [0.29, 0.717) is 35.4 Å². The van der Waals surface area contributed by atoms with Crippen molar-refractivity contribution in [3.8, 4) is 11.3 Å². The number of morpholine rings is 1. The molecule has 2 saturated heterocycles. The number of hydrogen-bond donors (Lipinski definition) is 3. The van der Waals surface area contributed by atoms with Gasteiger partial charge in [-0.3, -0.25) is 4.98 Å². The van der Waals surface area contributed by atoms with Crippen LogP contribution >= 0.6 is 12.2 Å². The number of furan rings is 1. The van der Waals surface area contributed by atoms with E-state index < -0.39 is 18.0 Å². The Morgan fingerprint density at radius 3 is 2.22 bits per heavy atom. The summed E-state index contributed by atoms with van der Waals surface area (Å²) in [7, 11) is 0. The van der Waals surface area contributed by atoms with Gasteiger partial charge in [0.05, 0.1) is 36.1 Å². The molecular weight excluding hydrogens is 544 g/mol. The van der Waals surface area contributed by atoms with E-state index in [9.17, 15) is 19.8 Å². The number of anilines is 2. The molecule has 0 saturated carbocycles. The SMILES string of the molecule is O=C(O)c1cc(C(=O)O)cc(-c2ccc([C@H]3[C@H](c4ccccn4)NC(=S)N3c3ccc(N4CCOCC4)cc3)o2)c1. The van der Waals surface area contributed by atoms with Crippen LogP contribution in [0.1, 0.15) is 44.3 Å². The number of nitrogens with one attached hydrogen (secondary N) is 1. The first-order chi connectivity index (χ1) is 19.9. The van der Waals surface area contributed by atoms with Crippen molar-refractivity contribution in [3.63, 3.8) is 0 Å². The Bertz CT molecular complexity index is 1570. The fraction of sp³-hybridized carbons (Fsp3) is 0.200. The first-order valence-electron chi connectivity index (χ1n) is 13.0. The van der Waals surface area contributed by atoms with Crippen LogP contribution in [0, 0.1) is 0 Å². The topological polar surface area (TPSA) is 128 Å². The quantitative estimate of drug-likeness (QED) is 0.266. The van der Waals surface area contributed by atoms with Crippen LogP contribution in [0.25, 0.3) is 11.3 Å². The molecule has 0 radical (unpaired) electrons. The minimum atomic E-state index is -1.23. The number of thiocarbonyl (C=S) groups is 1. The Morgan fingerprint density at radius 2 is 1.59 bits per heavy atom. The lowest BCUT2D eigenvalue weighted by Gasteiger charge is -2.30. The lowest BCUT2D eigenvalue weighted by molar-refractivity contribution is 0.0696. The van der Waals surface area contributed by atoms with E-state index in [1.54, 1.807) is 18.3 Å². The van der Waals surface area contributed by atoms with Crippen molar-refractivity contribution in [1.82, 2.24) is 10.3 Å². The molecule has 208 valence electrons. The van der Waals surface area contributed by atoms with Crippen molar-refractivity contribution in [3.05, 3.63) is 102 Å². The Hall–Kier alpha value is -4.74. The fourth-order valence-electron chi connectivity index (χ4n) is 5.25. The Labute approximate surface area is 240 Å². The molecule has 2 aromatic carbocycles. The second kappa shape index (κ2) is 11.0. The van der Waals surface area contributed by atoms with Gasteiger partial charge >= 0.3 is 11.9 Å². The number of aromatic carboxylic acids is 2. The van der Waals surface area contributed by atoms with Crippen molar-refractivity contribution in [2.24, 2.45) is 0 Å². The molecule has 0 unspecified atom stereocenters. The number of carboxylic acids is 2. The lowest BCUT2D eigenvalue weighted by Crippen LogP contribution is -2.36. The number of pyridine rings is 1. The number of hydrogen-bond acceptors (Lipinski definition) is 7. The van der Waals surface area contributed by atoms with Gasteiger partial charge in [-0.05, 0) is 78.9 Å². The van der Waals surface area contributed by atoms with E-state index in [-0.39, 0.29) is 17.2 Å². The van der Waals surface area contributed by atoms with Crippen LogP contribution in [0.15, 0.2) is 83.4 Å². The number of ether oxygens (including phenoxy) is 1. The van der Waals surface area contributed by atoms with Gasteiger partial charge in [0.1, 0.15) is 17.6 Å². The number of carbonyl (C=O) groups is 2. The molecule has 3 N–H and O–H groups in total. The van der Waals surface area contributed by atoms with Crippen molar-refractivity contribution in [2.45, 2.75) is 12.1 Å². The molecule has 11 heteroatoms. The van der Waals surface area contributed by atoms with Gasteiger partial charge < -0.3 is 34.5 Å². The average Bonchev–Trinajstić information content (AvgIpc) is 3.62. The first-order valence-corrected chi connectivity index (χ1v) is 13.4. The summed E-state index contributed by atoms with van der Waals surface area (Å²) >= 11 is 5.81. The predicted octanol–water partition coefficient (Wildman–Crippen LogP) is 4.75. The Kier molecular flexibility index (Phi) is 7.12. The van der Waals surface area contributed by atoms with Gasteiger partial charge in [-0.25, -0.2) is 9.59 Å². The zero-order valence-electron chi connectivity index (χ0n) is 21.8. The van der Waals surface area contributed by atoms with Crippen LogP contribution in [-0.4, -0.2) is 58.6 Å². The highest BCUT2D eigenvalue weighted by atomic mass is 32.1. The number of nitrogens with zero attached hydrogens (tertiary/aromatic N) is 3. The summed E-state index contributed by atoms with van der Waals surface area (Å²) in [5, 5.41) is 22.9. The molecule has 2 aromatic heterocycles. The molecule has 10 nitrogen and oxygen atoms in total. The van der Waals surface area contributed by atoms with Crippen LogP contribution < -0.4 is 15.1 Å². The number of aromatic nitrogens is 1. The van der Waals surface area contributed by atoms with Gasteiger partial charge in [0.15, 0.2) is 5.11 Å². The minimum Gasteiger partial charge on any atom is -0.478 e. The van der Waals surface area contributed by atoms with Crippen molar-refractivity contribution in [2.75, 3.05) is 36.1 Å². The average molecular weight is 571 g/mol. The smallest absolute Gasteiger partial charge is 0.335 e. The molecule has 41 heavy (non-hydrogen) atoms. The van der Waals surface area contributed by atoms with Gasteiger partial charge in [0.25, 0.3) is 0 Å². The normalized spacial score (nSPS) is 18.8. The molecule has 0 aliphatic carbocycles. The molecule has 2 fully saturated rings. The van der Waals surface area contributed by atoms with Crippen molar-refractivity contribution in [1.29, 1.82) is 0 Å². The van der Waals surface area contributed by atoms with Crippen LogP contribution in [0.3, 0.4) is 0 Å². The largest absolute Gasteiger partial charge is 0.478 e. The van der Waals surface area contributed by atoms with E-state index in [0.717, 1.165) is 36.2 Å². The second-order valence-electron chi connectivity index (χ2n) is 9.72. The molecule has 4 heterocycles. The maximum absolute atomic E-state index is 11.7. The van der Waals surface area contributed by atoms with Gasteiger partial charge in [-0.2, -0.15) is 0 Å². The summed E-state index contributed by atoms with van der Waals surface area (Å²) in [4.78, 5) is 32.2. The van der Waals surface area contributed by atoms with Gasteiger partial charge in [-0.1, -0.05) is 6.07 Å². The monoisotopic (exact) mass is 570 g/mol. The van der Waals surface area contributed by atoms with Crippen molar-refractivity contribution < 1.29 is 29.0 Å². The maximum Gasteiger partial charge on any atom is 0.335 e. The van der Waals surface area contributed by atoms with E-state index in [1.807, 2.05) is 35.2 Å². The first kappa shape index (κ1) is 26.5. The minimum absolute atomic E-state index is 0.144. The number of carboxylic acid groups (broad SMARTS) is 2. The fourth-order valence-corrected chi connectivity index (χ4v) is 5.60. The highest BCUT2D eigenvalue weighted by molar-refractivity contribution is 7.80. The summed E-state index contributed by atoms with van der Waals surface area (Å²) in [5.74, 6) is -1.56. The van der Waals surface area contributed by atoms with Crippen LogP contribution in [0.2, 0.25) is 0 Å².